The molecule has 3 rings (SSSR count). The Morgan fingerprint density at radius 3 is 2.81 bits per heavy atom. The Balaban J connectivity index is 1.81. The zero-order valence-corrected chi connectivity index (χ0v) is 9.32. The van der Waals surface area contributed by atoms with Gasteiger partial charge in [0.25, 0.3) is 0 Å². The normalized spacial score (nSPS) is 32.5. The van der Waals surface area contributed by atoms with Gasteiger partial charge in [0.05, 0.1) is 5.92 Å². The summed E-state index contributed by atoms with van der Waals surface area (Å²) in [5.41, 5.74) is 1.12. The number of carbonyl (C=O) groups is 1. The minimum absolute atomic E-state index is 0.0237. The highest BCUT2D eigenvalue weighted by Gasteiger charge is 2.56. The van der Waals surface area contributed by atoms with E-state index in [1.54, 1.807) is 0 Å². The van der Waals surface area contributed by atoms with E-state index < -0.39 is 0 Å². The average molecular weight is 216 g/mol. The second-order valence-corrected chi connectivity index (χ2v) is 4.95. The van der Waals surface area contributed by atoms with E-state index in [2.05, 4.69) is 12.1 Å². The zero-order chi connectivity index (χ0) is 11.0. The van der Waals surface area contributed by atoms with Crippen LogP contribution in [0.2, 0.25) is 0 Å². The summed E-state index contributed by atoms with van der Waals surface area (Å²) < 4.78 is 5.50. The van der Waals surface area contributed by atoms with Gasteiger partial charge in [-0.15, -0.1) is 0 Å². The molecule has 1 saturated carbocycles. The average Bonchev–Trinajstić information content (AvgIpc) is 2.29. The van der Waals surface area contributed by atoms with Gasteiger partial charge in [-0.3, -0.25) is 4.79 Å². The first-order chi connectivity index (χ1) is 7.80. The predicted octanol–water partition coefficient (Wildman–Crippen LogP) is 2.71. The van der Waals surface area contributed by atoms with Crippen LogP contribution in [-0.2, 0) is 16.0 Å². The van der Waals surface area contributed by atoms with Crippen molar-refractivity contribution in [2.24, 2.45) is 5.92 Å². The van der Waals surface area contributed by atoms with Crippen LogP contribution in [0.15, 0.2) is 30.3 Å². The Hall–Kier alpha value is -1.31. The zero-order valence-electron chi connectivity index (χ0n) is 9.32. The molecular weight excluding hydrogens is 200 g/mol. The van der Waals surface area contributed by atoms with Gasteiger partial charge in [0.2, 0.25) is 0 Å². The van der Waals surface area contributed by atoms with Crippen LogP contribution in [0.5, 0.6) is 0 Å². The number of fused-ring (bicyclic) bond motifs is 1. The van der Waals surface area contributed by atoms with Gasteiger partial charge in [-0.1, -0.05) is 36.8 Å². The molecule has 0 N–H and O–H groups in total. The number of hydrogen-bond acceptors (Lipinski definition) is 2. The third-order valence-corrected chi connectivity index (χ3v) is 3.91. The van der Waals surface area contributed by atoms with Crippen molar-refractivity contribution in [3.63, 3.8) is 0 Å². The summed E-state index contributed by atoms with van der Waals surface area (Å²) in [7, 11) is 0. The highest BCUT2D eigenvalue weighted by molar-refractivity contribution is 5.80. The van der Waals surface area contributed by atoms with Gasteiger partial charge in [0.1, 0.15) is 5.60 Å². The largest absolute Gasteiger partial charge is 0.457 e. The van der Waals surface area contributed by atoms with Crippen molar-refractivity contribution in [1.29, 1.82) is 0 Å². The summed E-state index contributed by atoms with van der Waals surface area (Å²) in [6, 6.07) is 10.3. The predicted molar refractivity (Wildman–Crippen MR) is 60.9 cm³/mol. The van der Waals surface area contributed by atoms with Crippen LogP contribution in [0.4, 0.5) is 0 Å². The van der Waals surface area contributed by atoms with Gasteiger partial charge >= 0.3 is 5.97 Å². The van der Waals surface area contributed by atoms with E-state index in [0.29, 0.717) is 0 Å². The maximum absolute atomic E-state index is 11.4. The molecule has 1 aliphatic heterocycles. The highest BCUT2D eigenvalue weighted by atomic mass is 16.6. The fraction of sp³-hybridized carbons (Fsp3) is 0.500. The lowest BCUT2D eigenvalue weighted by atomic mass is 9.68. The third-order valence-electron chi connectivity index (χ3n) is 3.91. The number of hydrogen-bond donors (Lipinski definition) is 0. The lowest BCUT2D eigenvalue weighted by Crippen LogP contribution is -2.60. The molecule has 0 aromatic heterocycles. The van der Waals surface area contributed by atoms with Gasteiger partial charge in [-0.2, -0.15) is 0 Å². The SMILES string of the molecule is O=C1OC2(Cc3ccccc3)CCCCC12. The van der Waals surface area contributed by atoms with Crippen molar-refractivity contribution in [3.05, 3.63) is 35.9 Å². The molecule has 2 atom stereocenters. The molecule has 16 heavy (non-hydrogen) atoms. The van der Waals surface area contributed by atoms with Crippen LogP contribution in [0.25, 0.3) is 0 Å². The summed E-state index contributed by atoms with van der Waals surface area (Å²) in [5, 5.41) is 0. The van der Waals surface area contributed by atoms with E-state index in [1.165, 1.54) is 18.4 Å². The van der Waals surface area contributed by atoms with Crippen LogP contribution in [0, 0.1) is 5.92 Å². The second-order valence-electron chi connectivity index (χ2n) is 4.95. The number of esters is 1. The first kappa shape index (κ1) is 9.88. The maximum atomic E-state index is 11.4. The Morgan fingerprint density at radius 1 is 1.25 bits per heavy atom. The number of ether oxygens (including phenoxy) is 1. The highest BCUT2D eigenvalue weighted by Crippen LogP contribution is 2.47. The minimum Gasteiger partial charge on any atom is -0.457 e. The molecule has 0 bridgehead atoms. The Labute approximate surface area is 95.6 Å². The smallest absolute Gasteiger partial charge is 0.313 e. The van der Waals surface area contributed by atoms with Crippen LogP contribution < -0.4 is 0 Å². The molecule has 2 nitrogen and oxygen atoms in total. The maximum Gasteiger partial charge on any atom is 0.313 e. The molecular formula is C14H16O2. The molecule has 0 spiro atoms. The molecule has 2 aliphatic rings. The van der Waals surface area contributed by atoms with Crippen LogP contribution in [0.1, 0.15) is 31.2 Å². The van der Waals surface area contributed by atoms with E-state index in [4.69, 9.17) is 4.74 Å². The van der Waals surface area contributed by atoms with Crippen LogP contribution >= 0.6 is 0 Å². The summed E-state index contributed by atoms with van der Waals surface area (Å²) in [6.07, 6.45) is 5.32. The summed E-state index contributed by atoms with van der Waals surface area (Å²) in [5.74, 6) is 0.192. The van der Waals surface area contributed by atoms with E-state index >= 15 is 0 Å². The fourth-order valence-electron chi connectivity index (χ4n) is 3.07. The van der Waals surface area contributed by atoms with Gasteiger partial charge in [0, 0.05) is 6.42 Å². The molecule has 1 aromatic rings. The van der Waals surface area contributed by atoms with Gasteiger partial charge in [0.15, 0.2) is 0 Å². The minimum atomic E-state index is -0.156. The Bertz CT molecular complexity index is 398. The lowest BCUT2D eigenvalue weighted by Gasteiger charge is -2.50. The van der Waals surface area contributed by atoms with Crippen molar-refractivity contribution < 1.29 is 9.53 Å². The molecule has 2 fully saturated rings. The van der Waals surface area contributed by atoms with Crippen molar-refractivity contribution in [2.75, 3.05) is 0 Å². The lowest BCUT2D eigenvalue weighted by molar-refractivity contribution is -0.221. The molecule has 2 unspecified atom stereocenters. The number of carbonyl (C=O) groups excluding carboxylic acids is 1. The van der Waals surface area contributed by atoms with Crippen LogP contribution in [-0.4, -0.2) is 11.6 Å². The van der Waals surface area contributed by atoms with Crippen molar-refractivity contribution in [2.45, 2.75) is 37.7 Å². The summed E-state index contributed by atoms with van der Waals surface area (Å²) in [6.45, 7) is 0. The second kappa shape index (κ2) is 3.62. The Kier molecular flexibility index (Phi) is 2.23. The molecule has 84 valence electrons. The summed E-state index contributed by atoms with van der Waals surface area (Å²) >= 11 is 0. The first-order valence-corrected chi connectivity index (χ1v) is 6.07. The quantitative estimate of drug-likeness (QED) is 0.710. The molecule has 1 aromatic carbocycles. The molecule has 1 heterocycles. The van der Waals surface area contributed by atoms with E-state index in [-0.39, 0.29) is 17.5 Å². The van der Waals surface area contributed by atoms with Gasteiger partial charge in [-0.25, -0.2) is 0 Å². The molecule has 0 amide bonds. The molecule has 1 aliphatic carbocycles. The molecule has 2 heteroatoms. The first-order valence-electron chi connectivity index (χ1n) is 6.07. The van der Waals surface area contributed by atoms with E-state index in [1.807, 2.05) is 18.2 Å². The van der Waals surface area contributed by atoms with Gasteiger partial charge < -0.3 is 4.74 Å². The van der Waals surface area contributed by atoms with Crippen molar-refractivity contribution >= 4 is 5.97 Å². The van der Waals surface area contributed by atoms with Crippen molar-refractivity contribution in [3.8, 4) is 0 Å². The van der Waals surface area contributed by atoms with Crippen LogP contribution in [0.3, 0.4) is 0 Å². The fourth-order valence-corrected chi connectivity index (χ4v) is 3.07. The topological polar surface area (TPSA) is 26.3 Å². The van der Waals surface area contributed by atoms with Gasteiger partial charge in [-0.05, 0) is 24.8 Å². The summed E-state index contributed by atoms with van der Waals surface area (Å²) in [4.78, 5) is 11.4. The number of benzene rings is 1. The standard InChI is InChI=1S/C14H16O2/c15-13-12-8-4-5-9-14(12,16-13)10-11-6-2-1-3-7-11/h1-3,6-7,12H,4-5,8-10H2. The third kappa shape index (κ3) is 1.44. The van der Waals surface area contributed by atoms with E-state index in [9.17, 15) is 4.79 Å². The Morgan fingerprint density at radius 2 is 2.06 bits per heavy atom. The molecule has 0 radical (unpaired) electrons. The monoisotopic (exact) mass is 216 g/mol. The number of rotatable bonds is 2. The molecule has 1 saturated heterocycles. The van der Waals surface area contributed by atoms with Crippen molar-refractivity contribution in [1.82, 2.24) is 0 Å². The van der Waals surface area contributed by atoms with E-state index in [0.717, 1.165) is 19.3 Å².